The molecule has 0 spiro atoms. The molecule has 1 N–H and O–H groups in total. The van der Waals surface area contributed by atoms with E-state index in [-0.39, 0.29) is 30.9 Å². The molecular weight excluding hydrogens is 412 g/mol. The Hall–Kier alpha value is -3.88. The lowest BCUT2D eigenvalue weighted by molar-refractivity contribution is -0.118. The number of nitrogens with one attached hydrogen (secondary N) is 1. The average molecular weight is 436 g/mol. The van der Waals surface area contributed by atoms with Crippen molar-refractivity contribution in [3.63, 3.8) is 0 Å². The highest BCUT2D eigenvalue weighted by atomic mass is 16.5. The van der Waals surface area contributed by atoms with E-state index in [0.29, 0.717) is 24.8 Å². The van der Waals surface area contributed by atoms with E-state index in [9.17, 15) is 9.59 Å². The number of nitrogens with zero attached hydrogens (tertiary/aromatic N) is 3. The van der Waals surface area contributed by atoms with Crippen molar-refractivity contribution in [1.82, 2.24) is 10.2 Å². The third kappa shape index (κ3) is 4.88. The summed E-state index contributed by atoms with van der Waals surface area (Å²) in [5.41, 5.74) is 1.71. The second-order valence-electron chi connectivity index (χ2n) is 7.38. The van der Waals surface area contributed by atoms with Crippen LogP contribution in [0, 0.1) is 6.92 Å². The molecule has 0 aliphatic carbocycles. The van der Waals surface area contributed by atoms with Crippen molar-refractivity contribution in [2.45, 2.75) is 26.2 Å². The van der Waals surface area contributed by atoms with Gasteiger partial charge in [0.05, 0.1) is 12.5 Å². The molecule has 1 atom stereocenters. The molecule has 9 nitrogen and oxygen atoms in total. The monoisotopic (exact) mass is 436 g/mol. The fourth-order valence-electron chi connectivity index (χ4n) is 3.48. The second kappa shape index (κ2) is 9.51. The molecule has 4 rings (SSSR count). The molecule has 1 aliphatic heterocycles. The minimum Gasteiger partial charge on any atom is -0.494 e. The first kappa shape index (κ1) is 21.4. The van der Waals surface area contributed by atoms with Crippen LogP contribution in [0.15, 0.2) is 52.9 Å². The quantitative estimate of drug-likeness (QED) is 0.577. The summed E-state index contributed by atoms with van der Waals surface area (Å²) in [4.78, 5) is 26.4. The second-order valence-corrected chi connectivity index (χ2v) is 7.38. The van der Waals surface area contributed by atoms with Gasteiger partial charge in [-0.2, -0.15) is 0 Å². The molecule has 9 heteroatoms. The van der Waals surface area contributed by atoms with Crippen molar-refractivity contribution in [3.05, 3.63) is 60.0 Å². The first-order valence-corrected chi connectivity index (χ1v) is 10.4. The molecule has 1 fully saturated rings. The number of hydrogen-bond donors (Lipinski definition) is 1. The number of anilines is 2. The van der Waals surface area contributed by atoms with E-state index in [2.05, 4.69) is 15.5 Å². The van der Waals surface area contributed by atoms with Crippen molar-refractivity contribution in [2.24, 2.45) is 0 Å². The van der Waals surface area contributed by atoms with Gasteiger partial charge in [-0.3, -0.25) is 14.9 Å². The molecule has 1 saturated heterocycles. The summed E-state index contributed by atoms with van der Waals surface area (Å²) in [6.07, 6.45) is 0.249. The Morgan fingerprint density at radius 3 is 2.69 bits per heavy atom. The van der Waals surface area contributed by atoms with E-state index < -0.39 is 5.91 Å². The van der Waals surface area contributed by atoms with Gasteiger partial charge < -0.3 is 18.8 Å². The molecular formula is C23H24N4O5. The molecule has 2 heterocycles. The summed E-state index contributed by atoms with van der Waals surface area (Å²) in [5.74, 6) is 0.991. The highest BCUT2D eigenvalue weighted by Gasteiger charge is 2.35. The topological polar surface area (TPSA) is 107 Å². The van der Waals surface area contributed by atoms with Crippen LogP contribution in [0.2, 0.25) is 0 Å². The van der Waals surface area contributed by atoms with Crippen LogP contribution < -0.4 is 19.7 Å². The number of aryl methyl sites for hydroxylation is 1. The van der Waals surface area contributed by atoms with E-state index in [1.807, 2.05) is 56.3 Å². The molecule has 2 amide bonds. The highest BCUT2D eigenvalue weighted by Crippen LogP contribution is 2.32. The lowest BCUT2D eigenvalue weighted by Crippen LogP contribution is -2.24. The molecule has 0 saturated carbocycles. The van der Waals surface area contributed by atoms with Crippen LogP contribution >= 0.6 is 0 Å². The number of benzene rings is 2. The number of carbonyl (C=O) groups excluding carboxylic acids is 2. The fourth-order valence-corrected chi connectivity index (χ4v) is 3.48. The molecule has 2 aromatic carbocycles. The van der Waals surface area contributed by atoms with Crippen LogP contribution in [-0.2, 0) is 9.59 Å². The number of ether oxygens (including phenoxy) is 2. The van der Waals surface area contributed by atoms with Gasteiger partial charge in [0.15, 0.2) is 6.61 Å². The van der Waals surface area contributed by atoms with Gasteiger partial charge in [0.1, 0.15) is 11.5 Å². The minimum atomic E-state index is -0.415. The SMILES string of the molecule is CCOc1ccc(N2C[C@H](c3nnc(NC(=O)COc4ccccc4C)o3)CC2=O)cc1. The maximum atomic E-state index is 12.5. The van der Waals surface area contributed by atoms with Crippen LogP contribution in [0.5, 0.6) is 11.5 Å². The van der Waals surface area contributed by atoms with Crippen molar-refractivity contribution < 1.29 is 23.5 Å². The summed E-state index contributed by atoms with van der Waals surface area (Å²) >= 11 is 0. The Labute approximate surface area is 185 Å². The van der Waals surface area contributed by atoms with Gasteiger partial charge in [0, 0.05) is 18.7 Å². The van der Waals surface area contributed by atoms with Gasteiger partial charge in [-0.15, -0.1) is 5.10 Å². The van der Waals surface area contributed by atoms with E-state index in [4.69, 9.17) is 13.9 Å². The molecule has 166 valence electrons. The van der Waals surface area contributed by atoms with Gasteiger partial charge in [-0.25, -0.2) is 0 Å². The predicted molar refractivity (Wildman–Crippen MR) is 117 cm³/mol. The summed E-state index contributed by atoms with van der Waals surface area (Å²) in [6, 6.07) is 14.8. The van der Waals surface area contributed by atoms with E-state index in [1.165, 1.54) is 0 Å². The van der Waals surface area contributed by atoms with Crippen molar-refractivity contribution in [2.75, 3.05) is 30.0 Å². The Kier molecular flexibility index (Phi) is 6.34. The van der Waals surface area contributed by atoms with Gasteiger partial charge in [0.25, 0.3) is 5.91 Å². The number of amides is 2. The normalized spacial score (nSPS) is 15.6. The molecule has 1 aromatic heterocycles. The average Bonchev–Trinajstić information content (AvgIpc) is 3.40. The zero-order valence-corrected chi connectivity index (χ0v) is 17.9. The molecule has 1 aliphatic rings. The number of para-hydroxylation sites is 1. The van der Waals surface area contributed by atoms with Crippen LogP contribution in [0.3, 0.4) is 0 Å². The third-order valence-electron chi connectivity index (χ3n) is 5.07. The minimum absolute atomic E-state index is 0.0228. The largest absolute Gasteiger partial charge is 0.494 e. The molecule has 32 heavy (non-hydrogen) atoms. The smallest absolute Gasteiger partial charge is 0.322 e. The molecule has 3 aromatic rings. The van der Waals surface area contributed by atoms with E-state index in [1.54, 1.807) is 11.0 Å². The molecule has 0 unspecified atom stereocenters. The summed E-state index contributed by atoms with van der Waals surface area (Å²) < 4.78 is 16.5. The number of aromatic nitrogens is 2. The summed E-state index contributed by atoms with van der Waals surface area (Å²) in [6.45, 7) is 4.63. The zero-order chi connectivity index (χ0) is 22.5. The first-order chi connectivity index (χ1) is 15.5. The van der Waals surface area contributed by atoms with Gasteiger partial charge in [-0.1, -0.05) is 23.3 Å². The number of carbonyl (C=O) groups is 2. The maximum absolute atomic E-state index is 12.5. The molecule has 0 bridgehead atoms. The number of rotatable bonds is 8. The van der Waals surface area contributed by atoms with Crippen molar-refractivity contribution >= 4 is 23.5 Å². The van der Waals surface area contributed by atoms with Crippen LogP contribution in [0.1, 0.15) is 30.7 Å². The standard InChI is InChI=1S/C23H24N4O5/c1-3-30-18-10-8-17(9-11-18)27-13-16(12-21(27)29)22-25-26-23(32-22)24-20(28)14-31-19-7-5-4-6-15(19)2/h4-11,16H,3,12-14H2,1-2H3,(H,24,26,28)/t16-/m1/s1. The van der Waals surface area contributed by atoms with Crippen molar-refractivity contribution in [1.29, 1.82) is 0 Å². The van der Waals surface area contributed by atoms with Crippen LogP contribution in [0.4, 0.5) is 11.7 Å². The summed E-state index contributed by atoms with van der Waals surface area (Å²) in [5, 5.41) is 10.4. The Morgan fingerprint density at radius 2 is 1.94 bits per heavy atom. The summed E-state index contributed by atoms with van der Waals surface area (Å²) in [7, 11) is 0. The van der Waals surface area contributed by atoms with E-state index >= 15 is 0 Å². The Morgan fingerprint density at radius 1 is 1.16 bits per heavy atom. The lowest BCUT2D eigenvalue weighted by Gasteiger charge is -2.16. The van der Waals surface area contributed by atoms with Gasteiger partial charge in [0.2, 0.25) is 11.8 Å². The predicted octanol–water partition coefficient (Wildman–Crippen LogP) is 3.31. The highest BCUT2D eigenvalue weighted by molar-refractivity contribution is 5.96. The van der Waals surface area contributed by atoms with Gasteiger partial charge >= 0.3 is 6.01 Å². The zero-order valence-electron chi connectivity index (χ0n) is 17.9. The van der Waals surface area contributed by atoms with Crippen molar-refractivity contribution in [3.8, 4) is 11.5 Å². The lowest BCUT2D eigenvalue weighted by atomic mass is 10.1. The third-order valence-corrected chi connectivity index (χ3v) is 5.07. The van der Waals surface area contributed by atoms with E-state index in [0.717, 1.165) is 17.0 Å². The fraction of sp³-hybridized carbons (Fsp3) is 0.304. The number of hydrogen-bond acceptors (Lipinski definition) is 7. The van der Waals surface area contributed by atoms with Gasteiger partial charge in [-0.05, 0) is 49.7 Å². The Bertz CT molecular complexity index is 1100. The maximum Gasteiger partial charge on any atom is 0.322 e. The Balaban J connectivity index is 1.33. The van der Waals surface area contributed by atoms with Crippen LogP contribution in [0.25, 0.3) is 0 Å². The van der Waals surface area contributed by atoms with Crippen LogP contribution in [-0.4, -0.2) is 41.8 Å². The molecule has 0 radical (unpaired) electrons. The first-order valence-electron chi connectivity index (χ1n) is 10.4.